The Kier molecular flexibility index (Phi) is 5.34. The van der Waals surface area contributed by atoms with Crippen LogP contribution in [0.15, 0.2) is 24.3 Å². The van der Waals surface area contributed by atoms with Crippen LogP contribution in [-0.4, -0.2) is 32.5 Å². The lowest BCUT2D eigenvalue weighted by atomic mass is 9.95. The van der Waals surface area contributed by atoms with Gasteiger partial charge in [0.1, 0.15) is 12.4 Å². The number of carboxylic acids is 1. The van der Waals surface area contributed by atoms with Crippen molar-refractivity contribution in [1.82, 2.24) is 4.57 Å². The summed E-state index contributed by atoms with van der Waals surface area (Å²) in [5.74, 6) is -0.910. The second kappa shape index (κ2) is 7.51. The first kappa shape index (κ1) is 18.5. The van der Waals surface area contributed by atoms with Crippen molar-refractivity contribution in [2.24, 2.45) is 0 Å². The molecule has 0 radical (unpaired) electrons. The minimum atomic E-state index is -1.08. The zero-order valence-corrected chi connectivity index (χ0v) is 15.2. The molecule has 0 amide bonds. The zero-order valence-electron chi connectivity index (χ0n) is 13.7. The monoisotopic (exact) mass is 397 g/mol. The molecule has 0 fully saturated rings. The van der Waals surface area contributed by atoms with Gasteiger partial charge in [0.2, 0.25) is 11.8 Å². The average molecular weight is 398 g/mol. The highest BCUT2D eigenvalue weighted by molar-refractivity contribution is 6.36. The molecule has 2 aromatic rings. The van der Waals surface area contributed by atoms with Crippen molar-refractivity contribution in [2.75, 3.05) is 6.61 Å². The van der Waals surface area contributed by atoms with E-state index < -0.39 is 5.97 Å². The Balaban J connectivity index is 1.99. The number of halogens is 2. The van der Waals surface area contributed by atoms with Gasteiger partial charge in [0, 0.05) is 23.3 Å². The Morgan fingerprint density at radius 1 is 1.12 bits per heavy atom. The summed E-state index contributed by atoms with van der Waals surface area (Å²) in [6, 6.07) is 2.96. The largest absolute Gasteiger partial charge is 0.494 e. The van der Waals surface area contributed by atoms with E-state index in [1.807, 2.05) is 0 Å². The number of carbonyl (C=O) groups is 1. The summed E-state index contributed by atoms with van der Waals surface area (Å²) in [7, 11) is 0. The number of benzene rings is 1. The molecule has 6 nitrogen and oxygen atoms in total. The predicted octanol–water partition coefficient (Wildman–Crippen LogP) is 4.09. The van der Waals surface area contributed by atoms with Crippen LogP contribution in [-0.2, 0) is 17.6 Å². The summed E-state index contributed by atoms with van der Waals surface area (Å²) in [5, 5.41) is 30.2. The molecular weight excluding hydrogens is 381 g/mol. The van der Waals surface area contributed by atoms with Crippen LogP contribution in [0.3, 0.4) is 0 Å². The molecule has 1 aromatic heterocycles. The summed E-state index contributed by atoms with van der Waals surface area (Å²) in [6.45, 7) is -0.00671. The van der Waals surface area contributed by atoms with Gasteiger partial charge in [-0.05, 0) is 37.8 Å². The van der Waals surface area contributed by atoms with Crippen LogP contribution in [0, 0.1) is 0 Å². The first-order valence-electron chi connectivity index (χ1n) is 8.06. The quantitative estimate of drug-likeness (QED) is 0.660. The van der Waals surface area contributed by atoms with E-state index in [0.29, 0.717) is 18.5 Å². The zero-order chi connectivity index (χ0) is 18.8. The first-order chi connectivity index (χ1) is 12.4. The maximum absolute atomic E-state index is 10.6. The number of hydrogen-bond donors (Lipinski definition) is 3. The van der Waals surface area contributed by atoms with Crippen molar-refractivity contribution in [2.45, 2.75) is 25.7 Å². The molecule has 138 valence electrons. The Bertz CT molecular complexity index is 859. The van der Waals surface area contributed by atoms with Crippen LogP contribution in [0.25, 0.3) is 5.69 Å². The van der Waals surface area contributed by atoms with Gasteiger partial charge in [-0.25, -0.2) is 9.36 Å². The van der Waals surface area contributed by atoms with E-state index in [-0.39, 0.29) is 34.2 Å². The maximum atomic E-state index is 10.6. The van der Waals surface area contributed by atoms with Crippen LogP contribution in [0.2, 0.25) is 10.0 Å². The molecule has 1 aliphatic carbocycles. The van der Waals surface area contributed by atoms with Gasteiger partial charge in [-0.15, -0.1) is 0 Å². The van der Waals surface area contributed by atoms with E-state index in [2.05, 4.69) is 0 Å². The minimum absolute atomic E-state index is 0.00671. The molecule has 0 spiro atoms. The van der Waals surface area contributed by atoms with Crippen molar-refractivity contribution in [3.63, 3.8) is 0 Å². The van der Waals surface area contributed by atoms with Crippen molar-refractivity contribution in [1.29, 1.82) is 0 Å². The summed E-state index contributed by atoms with van der Waals surface area (Å²) in [6.07, 6.45) is 5.57. The number of nitrogens with zero attached hydrogens (tertiary/aromatic N) is 1. The number of aliphatic carboxylic acids is 1. The molecule has 0 aliphatic heterocycles. The van der Waals surface area contributed by atoms with Gasteiger partial charge in [0.15, 0.2) is 0 Å². The third-order valence-electron chi connectivity index (χ3n) is 4.27. The third kappa shape index (κ3) is 3.48. The van der Waals surface area contributed by atoms with Gasteiger partial charge in [0.25, 0.3) is 0 Å². The van der Waals surface area contributed by atoms with Crippen LogP contribution in [0.5, 0.6) is 17.5 Å². The Morgan fingerprint density at radius 2 is 1.73 bits per heavy atom. The van der Waals surface area contributed by atoms with Crippen LogP contribution in [0.1, 0.15) is 24.0 Å². The topological polar surface area (TPSA) is 91.9 Å². The molecular formula is C18H17Cl2NO5. The maximum Gasteiger partial charge on any atom is 0.328 e. The molecule has 0 atom stereocenters. The standard InChI is InChI=1S/C18H17Cl2NO5/c19-12-8-13(20)15(26-7-3-6-16(22)23)9-14(12)21-17(24)10-4-1-2-5-11(10)18(21)25/h3,6,8-9,24-25H,1-2,4-5,7H2,(H,22,23). The fourth-order valence-corrected chi connectivity index (χ4v) is 3.61. The van der Waals surface area contributed by atoms with E-state index in [0.717, 1.165) is 30.0 Å². The van der Waals surface area contributed by atoms with Crippen LogP contribution >= 0.6 is 23.2 Å². The van der Waals surface area contributed by atoms with Gasteiger partial charge in [-0.3, -0.25) is 0 Å². The third-order valence-corrected chi connectivity index (χ3v) is 4.87. The van der Waals surface area contributed by atoms with Crippen LogP contribution in [0.4, 0.5) is 0 Å². The molecule has 0 saturated heterocycles. The molecule has 26 heavy (non-hydrogen) atoms. The van der Waals surface area contributed by atoms with E-state index in [1.54, 1.807) is 0 Å². The number of fused-ring (bicyclic) bond motifs is 1. The van der Waals surface area contributed by atoms with Gasteiger partial charge in [0.05, 0.1) is 15.7 Å². The molecule has 3 rings (SSSR count). The van der Waals surface area contributed by atoms with Gasteiger partial charge in [-0.2, -0.15) is 0 Å². The molecule has 1 aliphatic rings. The summed E-state index contributed by atoms with van der Waals surface area (Å²) < 4.78 is 6.76. The Hall–Kier alpha value is -2.31. The van der Waals surface area contributed by atoms with Gasteiger partial charge in [-0.1, -0.05) is 23.2 Å². The summed E-state index contributed by atoms with van der Waals surface area (Å²) in [5.41, 5.74) is 1.79. The number of carboxylic acid groups (broad SMARTS) is 1. The van der Waals surface area contributed by atoms with E-state index >= 15 is 0 Å². The lowest BCUT2D eigenvalue weighted by Gasteiger charge is -2.13. The molecule has 8 heteroatoms. The summed E-state index contributed by atoms with van der Waals surface area (Å²) >= 11 is 12.4. The smallest absolute Gasteiger partial charge is 0.328 e. The van der Waals surface area contributed by atoms with E-state index in [9.17, 15) is 15.0 Å². The Morgan fingerprint density at radius 3 is 2.31 bits per heavy atom. The highest BCUT2D eigenvalue weighted by Crippen LogP contribution is 2.44. The second-order valence-electron chi connectivity index (χ2n) is 5.93. The van der Waals surface area contributed by atoms with Gasteiger partial charge < -0.3 is 20.1 Å². The van der Waals surface area contributed by atoms with E-state index in [4.69, 9.17) is 33.0 Å². The lowest BCUT2D eigenvalue weighted by Crippen LogP contribution is -2.00. The molecule has 0 unspecified atom stereocenters. The predicted molar refractivity (Wildman–Crippen MR) is 98.0 cm³/mol. The average Bonchev–Trinajstić information content (AvgIpc) is 2.85. The fourth-order valence-electron chi connectivity index (χ4n) is 3.08. The first-order valence-corrected chi connectivity index (χ1v) is 8.81. The number of aromatic hydroxyl groups is 2. The molecule has 0 bridgehead atoms. The molecule has 1 heterocycles. The highest BCUT2D eigenvalue weighted by atomic mass is 35.5. The molecule has 1 aromatic carbocycles. The van der Waals surface area contributed by atoms with Crippen molar-refractivity contribution in [3.8, 4) is 23.2 Å². The van der Waals surface area contributed by atoms with E-state index in [1.165, 1.54) is 22.8 Å². The number of rotatable bonds is 5. The van der Waals surface area contributed by atoms with Crippen LogP contribution < -0.4 is 4.74 Å². The minimum Gasteiger partial charge on any atom is -0.494 e. The van der Waals surface area contributed by atoms with Crippen molar-refractivity contribution in [3.05, 3.63) is 45.5 Å². The summed E-state index contributed by atoms with van der Waals surface area (Å²) in [4.78, 5) is 10.5. The Labute approximate surface area is 159 Å². The SMILES string of the molecule is O=C(O)C=CCOc1cc(-n2c(O)c3c(c2O)CCCC3)c(Cl)cc1Cl. The van der Waals surface area contributed by atoms with Crippen molar-refractivity contribution >= 4 is 29.2 Å². The van der Waals surface area contributed by atoms with Crippen molar-refractivity contribution < 1.29 is 24.9 Å². The number of ether oxygens (including phenoxy) is 1. The lowest BCUT2D eigenvalue weighted by molar-refractivity contribution is -0.131. The highest BCUT2D eigenvalue weighted by Gasteiger charge is 2.26. The fraction of sp³-hybridized carbons (Fsp3) is 0.278. The second-order valence-corrected chi connectivity index (χ2v) is 6.75. The number of hydrogen-bond acceptors (Lipinski definition) is 4. The van der Waals surface area contributed by atoms with Gasteiger partial charge >= 0.3 is 5.97 Å². The number of aromatic nitrogens is 1. The normalized spacial score (nSPS) is 13.8. The molecule has 3 N–H and O–H groups in total. The molecule has 0 saturated carbocycles.